The summed E-state index contributed by atoms with van der Waals surface area (Å²) in [6, 6.07) is 15.8. The van der Waals surface area contributed by atoms with Gasteiger partial charge in [0.1, 0.15) is 0 Å². The summed E-state index contributed by atoms with van der Waals surface area (Å²) in [5, 5.41) is 8.36. The first-order valence-electron chi connectivity index (χ1n) is 12.8. The highest BCUT2D eigenvalue weighted by atomic mass is 32.3. The minimum Gasteiger partial charge on any atom is -0.380 e. The minimum atomic E-state index is -3.10. The number of rotatable bonds is 5. The molecular weight excluding hydrogens is 492 g/mol. The Hall–Kier alpha value is -2.73. The van der Waals surface area contributed by atoms with Crippen molar-refractivity contribution in [2.24, 2.45) is 0 Å². The Morgan fingerprint density at radius 1 is 1.05 bits per heavy atom. The van der Waals surface area contributed by atoms with Gasteiger partial charge in [-0.25, -0.2) is 4.68 Å². The highest BCUT2D eigenvalue weighted by Gasteiger charge is 2.37. The lowest BCUT2D eigenvalue weighted by Gasteiger charge is -2.38. The number of nitrogens with one attached hydrogen (secondary N) is 1. The number of benzene rings is 2. The molecule has 6 rings (SSSR count). The summed E-state index contributed by atoms with van der Waals surface area (Å²) < 4.78 is 34.8. The molecule has 0 bridgehead atoms. The molecule has 1 unspecified atom stereocenters. The largest absolute Gasteiger partial charge is 0.380 e. The number of ether oxygens (including phenoxy) is 2. The molecule has 3 aromatic rings. The lowest BCUT2D eigenvalue weighted by atomic mass is 10.0. The maximum Gasteiger partial charge on any atom is 0.274 e. The van der Waals surface area contributed by atoms with E-state index in [0.29, 0.717) is 48.4 Å². The van der Waals surface area contributed by atoms with Crippen molar-refractivity contribution in [2.75, 3.05) is 39.5 Å². The molecule has 2 aromatic carbocycles. The summed E-state index contributed by atoms with van der Waals surface area (Å²) in [4.78, 5) is 15.8. The van der Waals surface area contributed by atoms with Gasteiger partial charge in [-0.05, 0) is 36.6 Å². The van der Waals surface area contributed by atoms with E-state index in [0.717, 1.165) is 49.5 Å². The van der Waals surface area contributed by atoms with Gasteiger partial charge >= 0.3 is 0 Å². The van der Waals surface area contributed by atoms with Crippen LogP contribution in [0.3, 0.4) is 0 Å². The average Bonchev–Trinajstić information content (AvgIpc) is 3.31. The standard InChI is InChI=1S/C27H32N4O5S/c32-27(30-11-14-35-15-12-30)25-23-18-37(33,34)24-6-2-1-5-22(24)26(23)31(29-25)21-9-7-19(8-10-21)16-28-20-4-3-13-36-17-20/h1-2,5-10,20,28,33-34H,3-4,11-18H2. The Morgan fingerprint density at radius 2 is 1.84 bits per heavy atom. The average molecular weight is 525 g/mol. The normalized spacial score (nSPS) is 21.7. The molecule has 37 heavy (non-hydrogen) atoms. The van der Waals surface area contributed by atoms with Gasteiger partial charge in [-0.15, -0.1) is 0 Å². The van der Waals surface area contributed by atoms with Crippen LogP contribution in [0.5, 0.6) is 0 Å². The Labute approximate surface area is 217 Å². The van der Waals surface area contributed by atoms with Crippen LogP contribution in [0.2, 0.25) is 0 Å². The summed E-state index contributed by atoms with van der Waals surface area (Å²) in [6.45, 7) is 4.27. The maximum atomic E-state index is 13.6. The molecule has 0 spiro atoms. The van der Waals surface area contributed by atoms with Crippen molar-refractivity contribution in [3.63, 3.8) is 0 Å². The van der Waals surface area contributed by atoms with Gasteiger partial charge in [0.2, 0.25) is 0 Å². The van der Waals surface area contributed by atoms with Gasteiger partial charge in [-0.1, -0.05) is 30.3 Å². The van der Waals surface area contributed by atoms with E-state index in [1.54, 1.807) is 21.7 Å². The Kier molecular flexibility index (Phi) is 6.78. The number of hydrogen-bond donors (Lipinski definition) is 3. The number of carbonyl (C=O) groups excluding carboxylic acids is 1. The van der Waals surface area contributed by atoms with Crippen molar-refractivity contribution in [1.29, 1.82) is 0 Å². The molecule has 1 atom stereocenters. The van der Waals surface area contributed by atoms with Crippen LogP contribution in [0.15, 0.2) is 53.4 Å². The second-order valence-electron chi connectivity index (χ2n) is 9.76. The van der Waals surface area contributed by atoms with E-state index in [4.69, 9.17) is 14.6 Å². The molecule has 2 saturated heterocycles. The lowest BCUT2D eigenvalue weighted by molar-refractivity contribution is 0.0298. The topological polar surface area (TPSA) is 109 Å². The summed E-state index contributed by atoms with van der Waals surface area (Å²) in [5.41, 5.74) is 4.25. The summed E-state index contributed by atoms with van der Waals surface area (Å²) in [7, 11) is -3.10. The summed E-state index contributed by atoms with van der Waals surface area (Å²) >= 11 is 0. The van der Waals surface area contributed by atoms with Gasteiger partial charge in [0.15, 0.2) is 5.69 Å². The quantitative estimate of drug-likeness (QED) is 0.464. The van der Waals surface area contributed by atoms with Crippen molar-refractivity contribution in [3.8, 4) is 16.9 Å². The number of aromatic nitrogens is 2. The fraction of sp³-hybridized carbons (Fsp3) is 0.407. The van der Waals surface area contributed by atoms with Crippen LogP contribution in [-0.2, 0) is 21.8 Å². The molecule has 3 aliphatic heterocycles. The van der Waals surface area contributed by atoms with E-state index >= 15 is 0 Å². The number of fused-ring (bicyclic) bond motifs is 3. The van der Waals surface area contributed by atoms with Crippen LogP contribution in [0.4, 0.5) is 0 Å². The molecule has 0 aliphatic carbocycles. The van der Waals surface area contributed by atoms with Crippen LogP contribution >= 0.6 is 10.6 Å². The third kappa shape index (κ3) is 4.81. The number of morpholine rings is 1. The molecule has 9 nitrogen and oxygen atoms in total. The zero-order chi connectivity index (χ0) is 25.4. The van der Waals surface area contributed by atoms with Crippen molar-refractivity contribution in [2.45, 2.75) is 36.1 Å². The van der Waals surface area contributed by atoms with Crippen molar-refractivity contribution < 1.29 is 23.4 Å². The first-order chi connectivity index (χ1) is 18.0. The van der Waals surface area contributed by atoms with E-state index in [1.165, 1.54) is 0 Å². The van der Waals surface area contributed by atoms with Crippen LogP contribution < -0.4 is 5.32 Å². The molecule has 3 aliphatic rings. The number of hydrogen-bond acceptors (Lipinski definition) is 7. The fourth-order valence-electron chi connectivity index (χ4n) is 5.28. The van der Waals surface area contributed by atoms with Gasteiger partial charge in [0, 0.05) is 43.4 Å². The third-order valence-electron chi connectivity index (χ3n) is 7.26. The van der Waals surface area contributed by atoms with E-state index < -0.39 is 10.6 Å². The van der Waals surface area contributed by atoms with Crippen molar-refractivity contribution in [3.05, 3.63) is 65.4 Å². The number of amides is 1. The van der Waals surface area contributed by atoms with Crippen LogP contribution in [0.25, 0.3) is 16.9 Å². The molecule has 4 heterocycles. The van der Waals surface area contributed by atoms with Crippen LogP contribution in [-0.4, -0.2) is 75.3 Å². The molecule has 0 saturated carbocycles. The highest BCUT2D eigenvalue weighted by molar-refractivity contribution is 8.23. The second-order valence-corrected chi connectivity index (χ2v) is 11.8. The van der Waals surface area contributed by atoms with Gasteiger partial charge in [0.25, 0.3) is 5.91 Å². The summed E-state index contributed by atoms with van der Waals surface area (Å²) in [6.07, 6.45) is 2.20. The first-order valence-corrected chi connectivity index (χ1v) is 14.5. The van der Waals surface area contributed by atoms with E-state index in [1.807, 2.05) is 24.3 Å². The number of nitrogens with zero attached hydrogens (tertiary/aromatic N) is 3. The minimum absolute atomic E-state index is 0.0315. The molecule has 2 fully saturated rings. The van der Waals surface area contributed by atoms with Gasteiger partial charge in [-0.2, -0.15) is 15.7 Å². The Morgan fingerprint density at radius 3 is 2.59 bits per heavy atom. The molecule has 196 valence electrons. The Balaban J connectivity index is 1.36. The van der Waals surface area contributed by atoms with E-state index in [9.17, 15) is 13.9 Å². The molecule has 1 aromatic heterocycles. The molecule has 0 radical (unpaired) electrons. The molecule has 3 N–H and O–H groups in total. The molecule has 1 amide bonds. The van der Waals surface area contributed by atoms with Crippen molar-refractivity contribution >= 4 is 16.5 Å². The van der Waals surface area contributed by atoms with Gasteiger partial charge < -0.3 is 19.7 Å². The number of carbonyl (C=O) groups is 1. The van der Waals surface area contributed by atoms with Gasteiger partial charge in [0.05, 0.1) is 41.9 Å². The SMILES string of the molecule is O=C(c1nn(-c2ccc(CNC3CCCOC3)cc2)c2c1CS(O)(O)c1ccccc1-2)N1CCOCC1. The predicted molar refractivity (Wildman–Crippen MR) is 141 cm³/mol. The van der Waals surface area contributed by atoms with Crippen LogP contribution in [0.1, 0.15) is 34.5 Å². The van der Waals surface area contributed by atoms with Crippen molar-refractivity contribution in [1.82, 2.24) is 20.0 Å². The highest BCUT2D eigenvalue weighted by Crippen LogP contribution is 2.59. The Bertz CT molecular complexity index is 1280. The van der Waals surface area contributed by atoms with Crippen LogP contribution in [0, 0.1) is 0 Å². The fourth-order valence-corrected chi connectivity index (χ4v) is 6.93. The smallest absolute Gasteiger partial charge is 0.274 e. The zero-order valence-corrected chi connectivity index (χ0v) is 21.5. The lowest BCUT2D eigenvalue weighted by Crippen LogP contribution is -2.41. The molecule has 10 heteroatoms. The predicted octanol–water partition coefficient (Wildman–Crippen LogP) is 3.90. The van der Waals surface area contributed by atoms with E-state index in [2.05, 4.69) is 17.4 Å². The first kappa shape index (κ1) is 24.6. The molecular formula is C27H32N4O5S. The maximum absolute atomic E-state index is 13.6. The van der Waals surface area contributed by atoms with Gasteiger partial charge in [-0.3, -0.25) is 13.9 Å². The second kappa shape index (κ2) is 10.2. The monoisotopic (exact) mass is 524 g/mol. The zero-order valence-electron chi connectivity index (χ0n) is 20.6. The summed E-state index contributed by atoms with van der Waals surface area (Å²) in [5.74, 6) is -0.237. The third-order valence-corrected chi connectivity index (χ3v) is 9.01. The van der Waals surface area contributed by atoms with E-state index in [-0.39, 0.29) is 17.4 Å².